The highest BCUT2D eigenvalue weighted by atomic mass is 32.2. The highest BCUT2D eigenvalue weighted by Crippen LogP contribution is 2.26. The molecule has 0 saturated carbocycles. The summed E-state index contributed by atoms with van der Waals surface area (Å²) in [5, 5.41) is 3.18. The maximum absolute atomic E-state index is 12.3. The number of rotatable bonds is 6. The number of aromatic nitrogens is 2. The van der Waals surface area contributed by atoms with Crippen LogP contribution in [-0.2, 0) is 16.6 Å². The molecule has 0 spiro atoms. The number of aryl methyl sites for hydroxylation is 1. The van der Waals surface area contributed by atoms with Crippen LogP contribution in [0.1, 0.15) is 16.7 Å². The van der Waals surface area contributed by atoms with E-state index in [4.69, 9.17) is 0 Å². The standard InChI is InChI=1S/C12H16N4O2S2/c1-3-13-8-10-7-11(9(2)19-10)20(17,18)16-12-14-5-4-6-15-12/h4-7,13H,3,8H2,1-2H3,(H,14,15,16). The molecule has 2 rings (SSSR count). The molecule has 2 aromatic rings. The number of nitrogens with one attached hydrogen (secondary N) is 2. The second-order valence-electron chi connectivity index (χ2n) is 4.09. The van der Waals surface area contributed by atoms with Gasteiger partial charge in [-0.2, -0.15) is 0 Å². The van der Waals surface area contributed by atoms with Gasteiger partial charge in [0.1, 0.15) is 4.90 Å². The van der Waals surface area contributed by atoms with E-state index >= 15 is 0 Å². The second kappa shape index (κ2) is 6.29. The monoisotopic (exact) mass is 312 g/mol. The summed E-state index contributed by atoms with van der Waals surface area (Å²) in [6.45, 7) is 5.31. The molecule has 2 heterocycles. The van der Waals surface area contributed by atoms with Crippen LogP contribution in [-0.4, -0.2) is 24.9 Å². The van der Waals surface area contributed by atoms with Gasteiger partial charge in [-0.3, -0.25) is 0 Å². The summed E-state index contributed by atoms with van der Waals surface area (Å²) < 4.78 is 27.0. The third kappa shape index (κ3) is 3.53. The van der Waals surface area contributed by atoms with Crippen LogP contribution in [0.5, 0.6) is 0 Å². The molecule has 0 aliphatic rings. The maximum Gasteiger partial charge on any atom is 0.265 e. The van der Waals surface area contributed by atoms with Crippen molar-refractivity contribution in [2.45, 2.75) is 25.3 Å². The van der Waals surface area contributed by atoms with E-state index in [1.54, 1.807) is 19.1 Å². The molecule has 0 saturated heterocycles. The van der Waals surface area contributed by atoms with E-state index in [1.165, 1.54) is 23.7 Å². The van der Waals surface area contributed by atoms with Crippen LogP contribution < -0.4 is 10.0 Å². The third-order valence-electron chi connectivity index (χ3n) is 2.55. The highest BCUT2D eigenvalue weighted by Gasteiger charge is 2.20. The van der Waals surface area contributed by atoms with E-state index in [2.05, 4.69) is 20.0 Å². The van der Waals surface area contributed by atoms with Gasteiger partial charge in [0, 0.05) is 28.7 Å². The van der Waals surface area contributed by atoms with Crippen molar-refractivity contribution in [2.24, 2.45) is 0 Å². The third-order valence-corrected chi connectivity index (χ3v) is 5.19. The van der Waals surface area contributed by atoms with E-state index in [-0.39, 0.29) is 10.8 Å². The Morgan fingerprint density at radius 2 is 2.00 bits per heavy atom. The first kappa shape index (κ1) is 14.9. The lowest BCUT2D eigenvalue weighted by molar-refractivity contribution is 0.600. The van der Waals surface area contributed by atoms with Crippen molar-refractivity contribution in [2.75, 3.05) is 11.3 Å². The molecule has 0 unspecified atom stereocenters. The minimum Gasteiger partial charge on any atom is -0.312 e. The number of nitrogens with zero attached hydrogens (tertiary/aromatic N) is 2. The van der Waals surface area contributed by atoms with E-state index in [0.717, 1.165) is 16.3 Å². The zero-order valence-corrected chi connectivity index (χ0v) is 12.9. The van der Waals surface area contributed by atoms with Crippen molar-refractivity contribution in [1.82, 2.24) is 15.3 Å². The molecule has 0 aliphatic carbocycles. The van der Waals surface area contributed by atoms with Gasteiger partial charge in [0.2, 0.25) is 5.95 Å². The van der Waals surface area contributed by atoms with Gasteiger partial charge in [-0.15, -0.1) is 11.3 Å². The molecule has 0 aliphatic heterocycles. The van der Waals surface area contributed by atoms with Gasteiger partial charge >= 0.3 is 0 Å². The lowest BCUT2D eigenvalue weighted by Crippen LogP contribution is -2.15. The quantitative estimate of drug-likeness (QED) is 0.849. The fourth-order valence-electron chi connectivity index (χ4n) is 1.65. The van der Waals surface area contributed by atoms with Gasteiger partial charge in [-0.25, -0.2) is 23.1 Å². The van der Waals surface area contributed by atoms with Gasteiger partial charge in [0.05, 0.1) is 0 Å². The number of anilines is 1. The first-order chi connectivity index (χ1) is 9.53. The predicted molar refractivity (Wildman–Crippen MR) is 79.3 cm³/mol. The van der Waals surface area contributed by atoms with Crippen molar-refractivity contribution >= 4 is 27.3 Å². The van der Waals surface area contributed by atoms with E-state index in [1.807, 2.05) is 6.92 Å². The van der Waals surface area contributed by atoms with Gasteiger partial charge in [-0.1, -0.05) is 6.92 Å². The molecule has 20 heavy (non-hydrogen) atoms. The smallest absolute Gasteiger partial charge is 0.265 e. The average molecular weight is 312 g/mol. The van der Waals surface area contributed by atoms with Crippen LogP contribution in [0.2, 0.25) is 0 Å². The Hall–Kier alpha value is -1.51. The summed E-state index contributed by atoms with van der Waals surface area (Å²) in [5.74, 6) is 0.0753. The molecule has 2 N–H and O–H groups in total. The summed E-state index contributed by atoms with van der Waals surface area (Å²) in [4.78, 5) is 9.75. The van der Waals surface area contributed by atoms with Gasteiger partial charge in [0.15, 0.2) is 0 Å². The summed E-state index contributed by atoms with van der Waals surface area (Å²) in [6.07, 6.45) is 2.98. The Bertz CT molecular complexity index is 668. The largest absolute Gasteiger partial charge is 0.312 e. The molecule has 0 fully saturated rings. The van der Waals surface area contributed by atoms with Crippen LogP contribution in [0.25, 0.3) is 0 Å². The normalized spacial score (nSPS) is 11.5. The van der Waals surface area contributed by atoms with Crippen LogP contribution in [0.3, 0.4) is 0 Å². The first-order valence-electron chi connectivity index (χ1n) is 6.13. The van der Waals surface area contributed by atoms with Gasteiger partial charge in [-0.05, 0) is 25.6 Å². The Balaban J connectivity index is 2.23. The topological polar surface area (TPSA) is 84.0 Å². The average Bonchev–Trinajstić information content (AvgIpc) is 2.79. The molecule has 0 aromatic carbocycles. The van der Waals surface area contributed by atoms with Crippen LogP contribution in [0.4, 0.5) is 5.95 Å². The molecule has 0 radical (unpaired) electrons. The minimum atomic E-state index is -3.64. The molecule has 6 nitrogen and oxygen atoms in total. The van der Waals surface area contributed by atoms with Crippen molar-refractivity contribution in [3.8, 4) is 0 Å². The summed E-state index contributed by atoms with van der Waals surface area (Å²) in [5.41, 5.74) is 0. The zero-order chi connectivity index (χ0) is 14.6. The molecule has 8 heteroatoms. The van der Waals surface area contributed by atoms with Gasteiger partial charge in [0.25, 0.3) is 10.0 Å². The molecule has 0 amide bonds. The Kier molecular flexibility index (Phi) is 4.69. The van der Waals surface area contributed by atoms with Crippen LogP contribution in [0.15, 0.2) is 29.4 Å². The fraction of sp³-hybridized carbons (Fsp3) is 0.333. The van der Waals surface area contributed by atoms with Crippen molar-refractivity contribution in [1.29, 1.82) is 0 Å². The number of thiophene rings is 1. The fourth-order valence-corrected chi connectivity index (χ4v) is 4.22. The van der Waals surface area contributed by atoms with E-state index in [0.29, 0.717) is 6.54 Å². The molecule has 2 aromatic heterocycles. The second-order valence-corrected chi connectivity index (χ2v) is 7.08. The maximum atomic E-state index is 12.3. The molecular weight excluding hydrogens is 296 g/mol. The molecule has 0 bridgehead atoms. The van der Waals surface area contributed by atoms with Crippen molar-refractivity contribution < 1.29 is 8.42 Å². The van der Waals surface area contributed by atoms with E-state index < -0.39 is 10.0 Å². The number of sulfonamides is 1. The Labute approximate surface area is 122 Å². The molecule has 0 atom stereocenters. The SMILES string of the molecule is CCNCc1cc(S(=O)(=O)Nc2ncccn2)c(C)s1. The molecule has 108 valence electrons. The number of hydrogen-bond acceptors (Lipinski definition) is 6. The predicted octanol–water partition coefficient (Wildman–Crippen LogP) is 1.76. The van der Waals surface area contributed by atoms with Crippen molar-refractivity contribution in [3.05, 3.63) is 34.3 Å². The lowest BCUT2D eigenvalue weighted by Gasteiger charge is -2.05. The minimum absolute atomic E-state index is 0.0753. The first-order valence-corrected chi connectivity index (χ1v) is 8.42. The highest BCUT2D eigenvalue weighted by molar-refractivity contribution is 7.92. The summed E-state index contributed by atoms with van der Waals surface area (Å²) >= 11 is 1.47. The number of hydrogen-bond donors (Lipinski definition) is 2. The molecular formula is C12H16N4O2S2. The van der Waals surface area contributed by atoms with Crippen LogP contribution in [0, 0.1) is 6.92 Å². The summed E-state index contributed by atoms with van der Waals surface area (Å²) in [6, 6.07) is 3.32. The lowest BCUT2D eigenvalue weighted by atomic mass is 10.4. The van der Waals surface area contributed by atoms with E-state index in [9.17, 15) is 8.42 Å². The zero-order valence-electron chi connectivity index (χ0n) is 11.3. The Morgan fingerprint density at radius 1 is 1.30 bits per heavy atom. The summed E-state index contributed by atoms with van der Waals surface area (Å²) in [7, 11) is -3.64. The Morgan fingerprint density at radius 3 is 2.65 bits per heavy atom. The van der Waals surface area contributed by atoms with Crippen LogP contribution >= 0.6 is 11.3 Å². The van der Waals surface area contributed by atoms with Crippen molar-refractivity contribution in [3.63, 3.8) is 0 Å². The van der Waals surface area contributed by atoms with Gasteiger partial charge < -0.3 is 5.32 Å².